The summed E-state index contributed by atoms with van der Waals surface area (Å²) >= 11 is 0. The second kappa shape index (κ2) is 6.46. The van der Waals surface area contributed by atoms with Gasteiger partial charge in [-0.25, -0.2) is 0 Å². The molecule has 0 bridgehead atoms. The zero-order chi connectivity index (χ0) is 13.7. The van der Waals surface area contributed by atoms with Crippen molar-refractivity contribution < 1.29 is 28.6 Å². The Morgan fingerprint density at radius 2 is 1.72 bits per heavy atom. The number of imide groups is 1. The van der Waals surface area contributed by atoms with Crippen LogP contribution in [0, 0.1) is 11.8 Å². The van der Waals surface area contributed by atoms with Crippen LogP contribution in [-0.2, 0) is 28.6 Å². The molecule has 0 saturated carbocycles. The number of carbonyl (C=O) groups is 3. The van der Waals surface area contributed by atoms with Crippen molar-refractivity contribution in [3.8, 4) is 0 Å². The van der Waals surface area contributed by atoms with Crippen LogP contribution in [0.3, 0.4) is 0 Å². The van der Waals surface area contributed by atoms with E-state index in [9.17, 15) is 14.4 Å². The Bertz CT molecular complexity index is 338. The maximum atomic E-state index is 11.6. The van der Waals surface area contributed by atoms with Crippen LogP contribution in [0.25, 0.3) is 0 Å². The molecule has 0 aliphatic carbocycles. The van der Waals surface area contributed by atoms with Gasteiger partial charge in [0.1, 0.15) is 0 Å². The molecule has 2 atom stereocenters. The number of carbonyl (C=O) groups excluding carboxylic acids is 3. The van der Waals surface area contributed by atoms with Gasteiger partial charge in [-0.3, -0.25) is 19.7 Å². The van der Waals surface area contributed by atoms with E-state index in [0.29, 0.717) is 0 Å². The molecule has 7 heteroatoms. The molecule has 102 valence electrons. The molecular weight excluding hydrogens is 242 g/mol. The van der Waals surface area contributed by atoms with E-state index in [4.69, 9.17) is 9.47 Å². The first-order valence-corrected chi connectivity index (χ1v) is 5.50. The van der Waals surface area contributed by atoms with Crippen molar-refractivity contribution in [3.05, 3.63) is 0 Å². The molecule has 0 aromatic carbocycles. The minimum absolute atomic E-state index is 0.126. The first kappa shape index (κ1) is 14.6. The highest BCUT2D eigenvalue weighted by Gasteiger charge is 2.43. The Labute approximate surface area is 105 Å². The second-order valence-corrected chi connectivity index (χ2v) is 3.98. The first-order valence-electron chi connectivity index (χ1n) is 5.50. The molecule has 1 heterocycles. The SMILES string of the molecule is COC(=O)C[C@H]1C(=O)NC(=O)[C@H]1CC(OC)OC. The lowest BCUT2D eigenvalue weighted by Crippen LogP contribution is -2.27. The summed E-state index contributed by atoms with van der Waals surface area (Å²) in [4.78, 5) is 34.4. The van der Waals surface area contributed by atoms with E-state index in [1.165, 1.54) is 21.3 Å². The molecule has 1 aliphatic rings. The second-order valence-electron chi connectivity index (χ2n) is 3.98. The zero-order valence-corrected chi connectivity index (χ0v) is 10.6. The zero-order valence-electron chi connectivity index (χ0n) is 10.6. The monoisotopic (exact) mass is 259 g/mol. The first-order chi connectivity index (χ1) is 8.53. The summed E-state index contributed by atoms with van der Waals surface area (Å²) < 4.78 is 14.5. The predicted octanol–water partition coefficient (Wildman–Crippen LogP) is -0.553. The van der Waals surface area contributed by atoms with E-state index in [0.717, 1.165) is 0 Å². The topological polar surface area (TPSA) is 90.9 Å². The molecule has 0 aromatic rings. The van der Waals surface area contributed by atoms with Gasteiger partial charge >= 0.3 is 5.97 Å². The van der Waals surface area contributed by atoms with Crippen LogP contribution in [0.2, 0.25) is 0 Å². The van der Waals surface area contributed by atoms with E-state index in [1.54, 1.807) is 0 Å². The van der Waals surface area contributed by atoms with Gasteiger partial charge in [0.15, 0.2) is 6.29 Å². The van der Waals surface area contributed by atoms with Gasteiger partial charge in [-0.2, -0.15) is 0 Å². The van der Waals surface area contributed by atoms with Gasteiger partial charge in [0.2, 0.25) is 11.8 Å². The third-order valence-corrected chi connectivity index (χ3v) is 2.99. The van der Waals surface area contributed by atoms with Crippen LogP contribution in [0.15, 0.2) is 0 Å². The number of hydrogen-bond acceptors (Lipinski definition) is 6. The Morgan fingerprint density at radius 1 is 1.17 bits per heavy atom. The van der Waals surface area contributed by atoms with Crippen molar-refractivity contribution in [1.82, 2.24) is 5.32 Å². The van der Waals surface area contributed by atoms with Gasteiger partial charge in [0.05, 0.1) is 25.4 Å². The number of nitrogens with one attached hydrogen (secondary N) is 1. The normalized spacial score (nSPS) is 23.3. The van der Waals surface area contributed by atoms with Crippen molar-refractivity contribution in [3.63, 3.8) is 0 Å². The Morgan fingerprint density at radius 3 is 2.22 bits per heavy atom. The van der Waals surface area contributed by atoms with Crippen molar-refractivity contribution in [1.29, 1.82) is 0 Å². The van der Waals surface area contributed by atoms with E-state index >= 15 is 0 Å². The van der Waals surface area contributed by atoms with Crippen LogP contribution in [-0.4, -0.2) is 45.4 Å². The van der Waals surface area contributed by atoms with Crippen molar-refractivity contribution in [2.75, 3.05) is 21.3 Å². The third-order valence-electron chi connectivity index (χ3n) is 2.99. The highest BCUT2D eigenvalue weighted by Crippen LogP contribution is 2.28. The molecular formula is C11H17NO6. The Balaban J connectivity index is 2.74. The van der Waals surface area contributed by atoms with Gasteiger partial charge < -0.3 is 14.2 Å². The van der Waals surface area contributed by atoms with Crippen molar-refractivity contribution in [2.24, 2.45) is 11.8 Å². The number of ether oxygens (including phenoxy) is 3. The van der Waals surface area contributed by atoms with Gasteiger partial charge in [0, 0.05) is 20.6 Å². The fourth-order valence-corrected chi connectivity index (χ4v) is 1.94. The average molecular weight is 259 g/mol. The van der Waals surface area contributed by atoms with E-state index < -0.39 is 35.9 Å². The minimum Gasteiger partial charge on any atom is -0.469 e. The average Bonchev–Trinajstić information content (AvgIpc) is 2.61. The lowest BCUT2D eigenvalue weighted by atomic mass is 9.89. The molecule has 0 spiro atoms. The Hall–Kier alpha value is -1.47. The lowest BCUT2D eigenvalue weighted by molar-refractivity contribution is -0.146. The summed E-state index contributed by atoms with van der Waals surface area (Å²) in [5.74, 6) is -2.75. The number of esters is 1. The summed E-state index contributed by atoms with van der Waals surface area (Å²) in [5.41, 5.74) is 0. The number of hydrogen-bond donors (Lipinski definition) is 1. The third kappa shape index (κ3) is 3.27. The van der Waals surface area contributed by atoms with E-state index in [2.05, 4.69) is 10.1 Å². The Kier molecular flexibility index (Phi) is 5.24. The number of amides is 2. The summed E-state index contributed by atoms with van der Waals surface area (Å²) in [6.45, 7) is 0. The summed E-state index contributed by atoms with van der Waals surface area (Å²) in [6, 6.07) is 0. The highest BCUT2D eigenvalue weighted by molar-refractivity contribution is 6.06. The summed E-state index contributed by atoms with van der Waals surface area (Å²) in [6.07, 6.45) is -0.503. The maximum absolute atomic E-state index is 11.6. The van der Waals surface area contributed by atoms with Crippen LogP contribution < -0.4 is 5.32 Å². The van der Waals surface area contributed by atoms with Crippen molar-refractivity contribution in [2.45, 2.75) is 19.1 Å². The van der Waals surface area contributed by atoms with Crippen LogP contribution in [0.5, 0.6) is 0 Å². The molecule has 18 heavy (non-hydrogen) atoms. The largest absolute Gasteiger partial charge is 0.469 e. The quantitative estimate of drug-likeness (QED) is 0.391. The molecule has 7 nitrogen and oxygen atoms in total. The van der Waals surface area contributed by atoms with Gasteiger partial charge in [-0.1, -0.05) is 0 Å². The molecule has 1 aliphatic heterocycles. The molecule has 2 amide bonds. The number of rotatable bonds is 6. The van der Waals surface area contributed by atoms with E-state index in [-0.39, 0.29) is 12.8 Å². The fraction of sp³-hybridized carbons (Fsp3) is 0.727. The molecule has 1 fully saturated rings. The predicted molar refractivity (Wildman–Crippen MR) is 59.2 cm³/mol. The summed E-state index contributed by atoms with van der Waals surface area (Å²) in [5, 5.41) is 2.20. The molecule has 1 rings (SSSR count). The van der Waals surface area contributed by atoms with Crippen LogP contribution in [0.1, 0.15) is 12.8 Å². The lowest BCUT2D eigenvalue weighted by Gasteiger charge is -2.19. The molecule has 1 N–H and O–H groups in total. The maximum Gasteiger partial charge on any atom is 0.306 e. The molecule has 1 saturated heterocycles. The standard InChI is InChI=1S/C11H17NO6/c1-16-8(13)4-6-7(5-9(17-2)18-3)11(15)12-10(6)14/h6-7,9H,4-5H2,1-3H3,(H,12,14,15)/t6-,7+/m1/s1. The van der Waals surface area contributed by atoms with Gasteiger partial charge in [-0.15, -0.1) is 0 Å². The smallest absolute Gasteiger partial charge is 0.306 e. The van der Waals surface area contributed by atoms with E-state index in [1.807, 2.05) is 0 Å². The van der Waals surface area contributed by atoms with Gasteiger partial charge in [-0.05, 0) is 0 Å². The molecule has 0 aromatic heterocycles. The fourth-order valence-electron chi connectivity index (χ4n) is 1.94. The summed E-state index contributed by atoms with van der Waals surface area (Å²) in [7, 11) is 4.12. The van der Waals surface area contributed by atoms with Crippen LogP contribution >= 0.6 is 0 Å². The molecule has 0 radical (unpaired) electrons. The minimum atomic E-state index is -0.724. The molecule has 0 unspecified atom stereocenters. The van der Waals surface area contributed by atoms with Crippen molar-refractivity contribution >= 4 is 17.8 Å². The van der Waals surface area contributed by atoms with Gasteiger partial charge in [0.25, 0.3) is 0 Å². The highest BCUT2D eigenvalue weighted by atomic mass is 16.7. The van der Waals surface area contributed by atoms with Crippen LogP contribution in [0.4, 0.5) is 0 Å². The number of methoxy groups -OCH3 is 3.